The van der Waals surface area contributed by atoms with Gasteiger partial charge in [0.2, 0.25) is 5.91 Å². The number of nitrogens with zero attached hydrogens (tertiary/aromatic N) is 1. The summed E-state index contributed by atoms with van der Waals surface area (Å²) in [5, 5.41) is 0.699. The van der Waals surface area contributed by atoms with Crippen molar-refractivity contribution in [2.45, 2.75) is 25.3 Å². The van der Waals surface area contributed by atoms with Crippen LogP contribution in [-0.2, 0) is 19.1 Å². The average Bonchev–Trinajstić information content (AvgIpc) is 2.58. The molecule has 2 N–H and O–H groups in total. The van der Waals surface area contributed by atoms with Crippen LogP contribution in [0.2, 0.25) is 10.0 Å². The smallest absolute Gasteiger partial charge is 0.344 e. The normalized spacial score (nSPS) is 17.0. The number of carbonyl (C=O) groups excluding carboxylic acids is 3. The number of hydrogen-bond donors (Lipinski definition) is 1. The molecule has 0 radical (unpaired) electrons. The van der Waals surface area contributed by atoms with Gasteiger partial charge in [0.1, 0.15) is 11.8 Å². The van der Waals surface area contributed by atoms with E-state index in [4.69, 9.17) is 38.4 Å². The van der Waals surface area contributed by atoms with Crippen LogP contribution < -0.4 is 10.5 Å². The third-order valence-corrected chi connectivity index (χ3v) is 4.28. The number of nitrogens with two attached hydrogens (primary N) is 1. The summed E-state index contributed by atoms with van der Waals surface area (Å²) in [6, 6.07) is 3.92. The highest BCUT2D eigenvalue weighted by Gasteiger charge is 2.30. The first-order chi connectivity index (χ1) is 11.9. The Hall–Kier alpha value is -1.99. The van der Waals surface area contributed by atoms with Crippen molar-refractivity contribution >= 4 is 41.0 Å². The molecule has 0 saturated carbocycles. The predicted molar refractivity (Wildman–Crippen MR) is 91.5 cm³/mol. The Kier molecular flexibility index (Phi) is 6.90. The largest absolute Gasteiger partial charge is 0.480 e. The van der Waals surface area contributed by atoms with Gasteiger partial charge in [-0.2, -0.15) is 0 Å². The molecule has 9 heteroatoms. The number of likely N-dealkylation sites (tertiary alicyclic amines) is 1. The molecule has 1 aromatic rings. The monoisotopic (exact) mass is 388 g/mol. The number of ether oxygens (including phenoxy) is 2. The number of esters is 1. The van der Waals surface area contributed by atoms with Crippen molar-refractivity contribution in [1.82, 2.24) is 4.90 Å². The molecule has 1 aromatic carbocycles. The zero-order chi connectivity index (χ0) is 18.4. The molecule has 136 valence electrons. The van der Waals surface area contributed by atoms with Gasteiger partial charge in [-0.1, -0.05) is 23.2 Å². The summed E-state index contributed by atoms with van der Waals surface area (Å²) in [4.78, 5) is 36.6. The zero-order valence-electron chi connectivity index (χ0n) is 13.4. The van der Waals surface area contributed by atoms with Crippen LogP contribution in [0.25, 0.3) is 0 Å². The highest BCUT2D eigenvalue weighted by molar-refractivity contribution is 6.35. The fraction of sp³-hybridized carbons (Fsp3) is 0.438. The Bertz CT molecular complexity index is 668. The van der Waals surface area contributed by atoms with E-state index >= 15 is 0 Å². The van der Waals surface area contributed by atoms with Crippen molar-refractivity contribution in [3.8, 4) is 5.75 Å². The molecule has 1 atom stereocenters. The number of benzene rings is 1. The molecule has 2 rings (SSSR count). The topological polar surface area (TPSA) is 98.9 Å². The summed E-state index contributed by atoms with van der Waals surface area (Å²) in [5.74, 6) is -1.47. The van der Waals surface area contributed by atoms with Crippen molar-refractivity contribution in [3.05, 3.63) is 28.2 Å². The first-order valence-corrected chi connectivity index (χ1v) is 8.46. The second-order valence-electron chi connectivity index (χ2n) is 5.53. The third kappa shape index (κ3) is 5.51. The summed E-state index contributed by atoms with van der Waals surface area (Å²) in [6.45, 7) is -0.463. The Morgan fingerprint density at radius 2 is 1.96 bits per heavy atom. The maximum absolute atomic E-state index is 12.1. The maximum atomic E-state index is 12.1. The molecule has 2 amide bonds. The number of piperidine rings is 1. The van der Waals surface area contributed by atoms with Crippen molar-refractivity contribution < 1.29 is 23.9 Å². The molecule has 1 aliphatic rings. The first-order valence-electron chi connectivity index (χ1n) is 7.70. The standard InChI is InChI=1S/C16H18Cl2N2O5/c17-10-4-5-13(11(18)7-10)24-9-15(22)25-8-14(21)20-6-2-1-3-12(20)16(19)23/h4-5,7,12H,1-3,6,8-9H2,(H2,19,23)/t12-/m0/s1. The number of rotatable bonds is 6. The van der Waals surface area contributed by atoms with Gasteiger partial charge in [-0.3, -0.25) is 9.59 Å². The lowest BCUT2D eigenvalue weighted by Gasteiger charge is -2.33. The first kappa shape index (κ1) is 19.3. The van der Waals surface area contributed by atoms with E-state index in [2.05, 4.69) is 0 Å². The molecule has 1 saturated heterocycles. The molecular formula is C16H18Cl2N2O5. The number of carbonyl (C=O) groups is 3. The van der Waals surface area contributed by atoms with Crippen LogP contribution in [-0.4, -0.2) is 48.5 Å². The Balaban J connectivity index is 1.80. The van der Waals surface area contributed by atoms with Gasteiger partial charge < -0.3 is 20.1 Å². The van der Waals surface area contributed by atoms with Gasteiger partial charge in [-0.15, -0.1) is 0 Å². The van der Waals surface area contributed by atoms with Crippen molar-refractivity contribution in [1.29, 1.82) is 0 Å². The minimum Gasteiger partial charge on any atom is -0.480 e. The van der Waals surface area contributed by atoms with Crippen LogP contribution in [0.3, 0.4) is 0 Å². The minimum absolute atomic E-state index is 0.258. The summed E-state index contributed by atoms with van der Waals surface area (Å²) in [6.07, 6.45) is 2.13. The molecular weight excluding hydrogens is 371 g/mol. The molecule has 1 heterocycles. The van der Waals surface area contributed by atoms with E-state index in [0.717, 1.165) is 12.8 Å². The number of hydrogen-bond acceptors (Lipinski definition) is 5. The van der Waals surface area contributed by atoms with Gasteiger partial charge in [0.05, 0.1) is 5.02 Å². The lowest BCUT2D eigenvalue weighted by atomic mass is 10.0. The Morgan fingerprint density at radius 3 is 2.64 bits per heavy atom. The van der Waals surface area contributed by atoms with Crippen LogP contribution in [0.5, 0.6) is 5.75 Å². The van der Waals surface area contributed by atoms with Gasteiger partial charge in [0.15, 0.2) is 13.2 Å². The highest BCUT2D eigenvalue weighted by Crippen LogP contribution is 2.27. The van der Waals surface area contributed by atoms with E-state index in [9.17, 15) is 14.4 Å². The highest BCUT2D eigenvalue weighted by atomic mass is 35.5. The van der Waals surface area contributed by atoms with E-state index in [0.29, 0.717) is 18.0 Å². The maximum Gasteiger partial charge on any atom is 0.344 e. The van der Waals surface area contributed by atoms with Crippen LogP contribution in [0.4, 0.5) is 0 Å². The molecule has 1 aliphatic heterocycles. The summed E-state index contributed by atoms with van der Waals surface area (Å²) in [7, 11) is 0. The predicted octanol–water partition coefficient (Wildman–Crippen LogP) is 1.78. The van der Waals surface area contributed by atoms with Gasteiger partial charge >= 0.3 is 5.97 Å². The van der Waals surface area contributed by atoms with Crippen molar-refractivity contribution in [2.24, 2.45) is 5.73 Å². The summed E-state index contributed by atoms with van der Waals surface area (Å²) in [5.41, 5.74) is 5.31. The van der Waals surface area contributed by atoms with Crippen LogP contribution in [0.1, 0.15) is 19.3 Å². The van der Waals surface area contributed by atoms with Crippen LogP contribution in [0.15, 0.2) is 18.2 Å². The second-order valence-corrected chi connectivity index (χ2v) is 6.37. The average molecular weight is 389 g/mol. The fourth-order valence-corrected chi connectivity index (χ4v) is 2.98. The van der Waals surface area contributed by atoms with Crippen LogP contribution >= 0.6 is 23.2 Å². The number of amides is 2. The number of primary amides is 1. The molecule has 0 spiro atoms. The van der Waals surface area contributed by atoms with Gasteiger partial charge in [-0.05, 0) is 37.5 Å². The van der Waals surface area contributed by atoms with Crippen molar-refractivity contribution in [3.63, 3.8) is 0 Å². The molecule has 0 aliphatic carbocycles. The van der Waals surface area contributed by atoms with E-state index in [1.165, 1.54) is 17.0 Å². The number of halogens is 2. The van der Waals surface area contributed by atoms with E-state index in [-0.39, 0.29) is 10.8 Å². The van der Waals surface area contributed by atoms with Gasteiger partial charge in [0, 0.05) is 11.6 Å². The SMILES string of the molecule is NC(=O)[C@@H]1CCCCN1C(=O)COC(=O)COc1ccc(Cl)cc1Cl. The zero-order valence-corrected chi connectivity index (χ0v) is 14.9. The van der Waals surface area contributed by atoms with Crippen LogP contribution in [0, 0.1) is 0 Å². The summed E-state index contributed by atoms with van der Waals surface area (Å²) < 4.78 is 10.1. The molecule has 1 fully saturated rings. The molecule has 25 heavy (non-hydrogen) atoms. The molecule has 0 aromatic heterocycles. The molecule has 0 unspecified atom stereocenters. The molecule has 7 nitrogen and oxygen atoms in total. The second kappa shape index (κ2) is 8.92. The van der Waals surface area contributed by atoms with Gasteiger partial charge in [0.25, 0.3) is 5.91 Å². The molecule has 0 bridgehead atoms. The summed E-state index contributed by atoms with van der Waals surface area (Å²) >= 11 is 11.7. The van der Waals surface area contributed by atoms with E-state index in [1.807, 2.05) is 0 Å². The lowest BCUT2D eigenvalue weighted by Crippen LogP contribution is -2.51. The lowest BCUT2D eigenvalue weighted by molar-refractivity contribution is -0.156. The third-order valence-electron chi connectivity index (χ3n) is 3.75. The van der Waals surface area contributed by atoms with Crippen molar-refractivity contribution in [2.75, 3.05) is 19.8 Å². The Labute approximate surface area is 154 Å². The van der Waals surface area contributed by atoms with E-state index in [1.54, 1.807) is 6.07 Å². The van der Waals surface area contributed by atoms with E-state index < -0.39 is 37.0 Å². The minimum atomic E-state index is -0.730. The van der Waals surface area contributed by atoms with Gasteiger partial charge in [-0.25, -0.2) is 4.79 Å². The quantitative estimate of drug-likeness (QED) is 0.748. The fourth-order valence-electron chi connectivity index (χ4n) is 2.52. The Morgan fingerprint density at radius 1 is 1.20 bits per heavy atom.